The molecular formula is C20H27FN4O3. The maximum Gasteiger partial charge on any atom is 0.230 e. The number of anilines is 1. The number of ether oxygens (including phenoxy) is 1. The molecule has 2 saturated heterocycles. The van der Waals surface area contributed by atoms with E-state index in [0.717, 1.165) is 13.1 Å². The third kappa shape index (κ3) is 3.64. The van der Waals surface area contributed by atoms with Gasteiger partial charge >= 0.3 is 0 Å². The van der Waals surface area contributed by atoms with Gasteiger partial charge in [-0.15, -0.1) is 0 Å². The van der Waals surface area contributed by atoms with Gasteiger partial charge in [0.05, 0.1) is 44.1 Å². The molecule has 3 aliphatic rings. The van der Waals surface area contributed by atoms with E-state index in [4.69, 9.17) is 4.74 Å². The summed E-state index contributed by atoms with van der Waals surface area (Å²) in [6.45, 7) is 7.13. The fourth-order valence-electron chi connectivity index (χ4n) is 4.47. The molecule has 0 spiro atoms. The summed E-state index contributed by atoms with van der Waals surface area (Å²) in [6.07, 6.45) is -0.0637. The third-order valence-corrected chi connectivity index (χ3v) is 5.79. The summed E-state index contributed by atoms with van der Waals surface area (Å²) in [5, 5.41) is 6.25. The van der Waals surface area contributed by atoms with Crippen LogP contribution in [0.15, 0.2) is 18.2 Å². The molecule has 28 heavy (non-hydrogen) atoms. The second-order valence-electron chi connectivity index (χ2n) is 8.36. The van der Waals surface area contributed by atoms with E-state index in [-0.39, 0.29) is 30.2 Å². The number of halogens is 1. The topological polar surface area (TPSA) is 73.9 Å². The number of benzene rings is 1. The van der Waals surface area contributed by atoms with Crippen molar-refractivity contribution in [3.05, 3.63) is 29.6 Å². The predicted molar refractivity (Wildman–Crippen MR) is 102 cm³/mol. The van der Waals surface area contributed by atoms with Gasteiger partial charge < -0.3 is 15.0 Å². The number of rotatable bonds is 3. The molecule has 0 radical (unpaired) electrons. The van der Waals surface area contributed by atoms with Gasteiger partial charge in [-0.05, 0) is 12.1 Å². The maximum absolute atomic E-state index is 14.4. The molecule has 7 nitrogen and oxygen atoms in total. The van der Waals surface area contributed by atoms with Gasteiger partial charge in [0.15, 0.2) is 0 Å². The van der Waals surface area contributed by atoms with Gasteiger partial charge in [-0.2, -0.15) is 0 Å². The van der Waals surface area contributed by atoms with Gasteiger partial charge in [0.25, 0.3) is 0 Å². The summed E-state index contributed by atoms with van der Waals surface area (Å²) in [4.78, 5) is 29.1. The molecular weight excluding hydrogens is 363 g/mol. The molecule has 0 aliphatic carbocycles. The zero-order valence-electron chi connectivity index (χ0n) is 16.3. The number of morpholine rings is 1. The molecule has 1 aromatic rings. The normalized spacial score (nSPS) is 27.4. The van der Waals surface area contributed by atoms with E-state index >= 15 is 0 Å². The van der Waals surface area contributed by atoms with E-state index in [0.29, 0.717) is 37.4 Å². The monoisotopic (exact) mass is 390 g/mol. The number of nitrogens with zero attached hydrogens (tertiary/aromatic N) is 2. The Morgan fingerprint density at radius 1 is 1.32 bits per heavy atom. The Bertz CT molecular complexity index is 779. The van der Waals surface area contributed by atoms with E-state index in [1.807, 2.05) is 13.8 Å². The van der Waals surface area contributed by atoms with Crippen molar-refractivity contribution in [2.75, 3.05) is 37.7 Å². The summed E-state index contributed by atoms with van der Waals surface area (Å²) in [5.74, 6) is -0.478. The average Bonchev–Trinajstić information content (AvgIpc) is 2.94. The second-order valence-corrected chi connectivity index (χ2v) is 8.36. The van der Waals surface area contributed by atoms with Gasteiger partial charge in [-0.25, -0.2) is 4.39 Å². The SMILES string of the molecule is CC1(C)CN(C(=O)CC2NC(=O)CC(N3CCOCC3)N2)c2cccc(F)c21. The maximum atomic E-state index is 14.4. The van der Waals surface area contributed by atoms with Crippen LogP contribution in [0.1, 0.15) is 32.3 Å². The van der Waals surface area contributed by atoms with Crippen LogP contribution in [0.2, 0.25) is 0 Å². The lowest BCUT2D eigenvalue weighted by Gasteiger charge is -2.40. The molecule has 1 aromatic carbocycles. The average molecular weight is 390 g/mol. The highest BCUT2D eigenvalue weighted by molar-refractivity contribution is 5.97. The highest BCUT2D eigenvalue weighted by Gasteiger charge is 2.41. The van der Waals surface area contributed by atoms with E-state index in [1.165, 1.54) is 6.07 Å². The van der Waals surface area contributed by atoms with Crippen LogP contribution < -0.4 is 15.5 Å². The lowest BCUT2D eigenvalue weighted by atomic mass is 9.86. The number of hydrogen-bond acceptors (Lipinski definition) is 5. The van der Waals surface area contributed by atoms with Crippen molar-refractivity contribution in [3.63, 3.8) is 0 Å². The molecule has 2 amide bonds. The summed E-state index contributed by atoms with van der Waals surface area (Å²) in [5.41, 5.74) is 0.757. The van der Waals surface area contributed by atoms with Crippen LogP contribution in [0.25, 0.3) is 0 Å². The molecule has 0 bridgehead atoms. The minimum absolute atomic E-state index is 0.0683. The van der Waals surface area contributed by atoms with Crippen molar-refractivity contribution in [1.29, 1.82) is 0 Å². The Balaban J connectivity index is 1.46. The van der Waals surface area contributed by atoms with Crippen LogP contribution in [0.5, 0.6) is 0 Å². The van der Waals surface area contributed by atoms with Gasteiger partial charge in [0, 0.05) is 30.6 Å². The Labute approximate surface area is 164 Å². The molecule has 0 aromatic heterocycles. The van der Waals surface area contributed by atoms with E-state index < -0.39 is 11.6 Å². The van der Waals surface area contributed by atoms with Gasteiger partial charge in [-0.1, -0.05) is 19.9 Å². The number of hydrogen-bond donors (Lipinski definition) is 2. The summed E-state index contributed by atoms with van der Waals surface area (Å²) in [6, 6.07) is 4.85. The quantitative estimate of drug-likeness (QED) is 0.804. The van der Waals surface area contributed by atoms with Crippen LogP contribution in [-0.4, -0.2) is 61.9 Å². The molecule has 3 heterocycles. The van der Waals surface area contributed by atoms with Crippen molar-refractivity contribution in [3.8, 4) is 0 Å². The molecule has 2 N–H and O–H groups in total. The Hall–Kier alpha value is -2.03. The summed E-state index contributed by atoms with van der Waals surface area (Å²) < 4.78 is 19.7. The first kappa shape index (κ1) is 19.3. The standard InChI is InChI=1S/C20H27FN4O3/c1-20(2)12-25(14-5-3-4-13(21)19(14)20)18(27)10-15-22-16(11-17(26)23-15)24-6-8-28-9-7-24/h3-5,15-16,22H,6-12H2,1-2H3,(H,23,26). The van der Waals surface area contributed by atoms with Gasteiger partial charge in [0.2, 0.25) is 11.8 Å². The first-order valence-electron chi connectivity index (χ1n) is 9.82. The number of carbonyl (C=O) groups is 2. The predicted octanol–water partition coefficient (Wildman–Crippen LogP) is 0.934. The number of carbonyl (C=O) groups excluding carboxylic acids is 2. The molecule has 4 rings (SSSR count). The number of fused-ring (bicyclic) bond motifs is 1. The fourth-order valence-corrected chi connectivity index (χ4v) is 4.47. The van der Waals surface area contributed by atoms with Crippen LogP contribution in [-0.2, 0) is 19.7 Å². The minimum atomic E-state index is -0.448. The van der Waals surface area contributed by atoms with Crippen molar-refractivity contribution in [2.45, 2.75) is 44.4 Å². The van der Waals surface area contributed by atoms with Crippen LogP contribution >= 0.6 is 0 Å². The largest absolute Gasteiger partial charge is 0.379 e. The van der Waals surface area contributed by atoms with Crippen molar-refractivity contribution >= 4 is 17.5 Å². The van der Waals surface area contributed by atoms with E-state index in [1.54, 1.807) is 17.0 Å². The molecule has 2 unspecified atom stereocenters. The van der Waals surface area contributed by atoms with Gasteiger partial charge in [0.1, 0.15) is 5.82 Å². The first-order chi connectivity index (χ1) is 13.3. The van der Waals surface area contributed by atoms with Crippen molar-refractivity contribution in [1.82, 2.24) is 15.5 Å². The van der Waals surface area contributed by atoms with Crippen LogP contribution in [0.4, 0.5) is 10.1 Å². The second kappa shape index (κ2) is 7.42. The number of amides is 2. The molecule has 152 valence electrons. The molecule has 2 atom stereocenters. The molecule has 8 heteroatoms. The van der Waals surface area contributed by atoms with Crippen molar-refractivity contribution in [2.24, 2.45) is 0 Å². The fraction of sp³-hybridized carbons (Fsp3) is 0.600. The van der Waals surface area contributed by atoms with E-state index in [9.17, 15) is 14.0 Å². The molecule has 2 fully saturated rings. The third-order valence-electron chi connectivity index (χ3n) is 5.79. The van der Waals surface area contributed by atoms with Crippen LogP contribution in [0.3, 0.4) is 0 Å². The Morgan fingerprint density at radius 3 is 2.82 bits per heavy atom. The Morgan fingerprint density at radius 2 is 2.07 bits per heavy atom. The minimum Gasteiger partial charge on any atom is -0.379 e. The first-order valence-corrected chi connectivity index (χ1v) is 9.82. The lowest BCUT2D eigenvalue weighted by molar-refractivity contribution is -0.128. The number of nitrogens with one attached hydrogen (secondary N) is 2. The summed E-state index contributed by atoms with van der Waals surface area (Å²) >= 11 is 0. The van der Waals surface area contributed by atoms with Crippen LogP contribution in [0, 0.1) is 5.82 Å². The smallest absolute Gasteiger partial charge is 0.230 e. The highest BCUT2D eigenvalue weighted by Crippen LogP contribution is 2.42. The van der Waals surface area contributed by atoms with Gasteiger partial charge in [-0.3, -0.25) is 19.8 Å². The Kier molecular flexibility index (Phi) is 5.11. The highest BCUT2D eigenvalue weighted by atomic mass is 19.1. The molecule has 3 aliphatic heterocycles. The van der Waals surface area contributed by atoms with E-state index in [2.05, 4.69) is 15.5 Å². The zero-order valence-corrected chi connectivity index (χ0v) is 16.3. The van der Waals surface area contributed by atoms with Crippen molar-refractivity contribution < 1.29 is 18.7 Å². The molecule has 0 saturated carbocycles. The lowest BCUT2D eigenvalue weighted by Crippen LogP contribution is -2.63. The zero-order chi connectivity index (χ0) is 19.9. The summed E-state index contributed by atoms with van der Waals surface area (Å²) in [7, 11) is 0.